The highest BCUT2D eigenvalue weighted by molar-refractivity contribution is 5.95. The van der Waals surface area contributed by atoms with Crippen LogP contribution in [0.25, 0.3) is 22.2 Å². The minimum atomic E-state index is -4.80. The van der Waals surface area contributed by atoms with Gasteiger partial charge in [0, 0.05) is 34.7 Å². The summed E-state index contributed by atoms with van der Waals surface area (Å²) in [7, 11) is 0. The van der Waals surface area contributed by atoms with E-state index in [1.54, 1.807) is 0 Å². The maximum absolute atomic E-state index is 14.5. The molecule has 1 aromatic heterocycles. The van der Waals surface area contributed by atoms with Gasteiger partial charge >= 0.3 is 6.18 Å². The molecule has 0 atom stereocenters. The van der Waals surface area contributed by atoms with Crippen molar-refractivity contribution in [2.75, 3.05) is 0 Å². The molecule has 4 aromatic carbocycles. The second-order valence-electron chi connectivity index (χ2n) is 8.86. The van der Waals surface area contributed by atoms with Crippen molar-refractivity contribution in [2.45, 2.75) is 19.3 Å². The first-order chi connectivity index (χ1) is 19.4. The summed E-state index contributed by atoms with van der Waals surface area (Å²) in [5.74, 6) is -4.50. The van der Waals surface area contributed by atoms with Crippen LogP contribution in [0.5, 0.6) is 5.75 Å². The van der Waals surface area contributed by atoms with Crippen molar-refractivity contribution >= 4 is 16.6 Å². The van der Waals surface area contributed by atoms with Crippen molar-refractivity contribution in [1.29, 1.82) is 0 Å². The summed E-state index contributed by atoms with van der Waals surface area (Å²) in [4.78, 5) is 10.5. The number of alkyl halides is 3. The lowest BCUT2D eigenvalue weighted by molar-refractivity contribution is -0.386. The molecule has 0 spiro atoms. The molecule has 0 saturated carbocycles. The molecule has 1 heterocycles. The molecule has 0 aliphatic rings. The summed E-state index contributed by atoms with van der Waals surface area (Å²) in [6, 6.07) is 13.2. The number of nitro groups is 1. The zero-order valence-electron chi connectivity index (χ0n) is 20.6. The minimum absolute atomic E-state index is 0.00959. The van der Waals surface area contributed by atoms with Crippen molar-refractivity contribution < 1.29 is 40.4 Å². The lowest BCUT2D eigenvalue weighted by Crippen LogP contribution is -2.09. The summed E-state index contributed by atoms with van der Waals surface area (Å²) >= 11 is 0. The molecule has 210 valence electrons. The predicted molar refractivity (Wildman–Crippen MR) is 133 cm³/mol. The van der Waals surface area contributed by atoms with Gasteiger partial charge < -0.3 is 4.74 Å². The number of halogens is 7. The first kappa shape index (κ1) is 27.6. The van der Waals surface area contributed by atoms with Crippen LogP contribution in [-0.4, -0.2) is 14.7 Å². The average molecular weight is 575 g/mol. The van der Waals surface area contributed by atoms with Crippen LogP contribution < -0.4 is 4.74 Å². The number of nitrogens with zero attached hydrogens (tertiary/aromatic N) is 3. The summed E-state index contributed by atoms with van der Waals surface area (Å²) in [6.45, 7) is -1.23. The molecule has 0 saturated heterocycles. The van der Waals surface area contributed by atoms with Crippen molar-refractivity contribution in [2.24, 2.45) is 0 Å². The second-order valence-corrected chi connectivity index (χ2v) is 8.86. The molecule has 0 unspecified atom stereocenters. The first-order valence-electron chi connectivity index (χ1n) is 11.8. The van der Waals surface area contributed by atoms with Crippen LogP contribution in [0.15, 0.2) is 72.8 Å². The fourth-order valence-corrected chi connectivity index (χ4v) is 4.42. The molecule has 6 nitrogen and oxygen atoms in total. The Bertz CT molecular complexity index is 1780. The number of hydrogen-bond donors (Lipinski definition) is 0. The minimum Gasteiger partial charge on any atom is -0.489 e. The first-order valence-corrected chi connectivity index (χ1v) is 11.8. The normalized spacial score (nSPS) is 11.7. The summed E-state index contributed by atoms with van der Waals surface area (Å²) in [5.41, 5.74) is -2.82. The highest BCUT2D eigenvalue weighted by atomic mass is 19.4. The summed E-state index contributed by atoms with van der Waals surface area (Å²) in [5, 5.41) is 15.3. The highest BCUT2D eigenvalue weighted by Crippen LogP contribution is 2.39. The molecular weight excluding hydrogens is 559 g/mol. The number of hydrogen-bond acceptors (Lipinski definition) is 4. The number of benzene rings is 4. The Balaban J connectivity index is 1.61. The van der Waals surface area contributed by atoms with E-state index < -0.39 is 69.9 Å². The second kappa shape index (κ2) is 10.6. The SMILES string of the molecule is O=[N+]([O-])c1cccc(F)c1COc1cccc(-c2c3cccc(C(F)(F)F)c3nn2Cc2c(F)cc(F)cc2F)c1. The molecule has 5 aromatic rings. The van der Waals surface area contributed by atoms with Crippen LogP contribution in [0.3, 0.4) is 0 Å². The van der Waals surface area contributed by atoms with Crippen molar-refractivity contribution in [3.63, 3.8) is 0 Å². The van der Waals surface area contributed by atoms with Crippen LogP contribution in [-0.2, 0) is 19.3 Å². The van der Waals surface area contributed by atoms with Gasteiger partial charge in [0.1, 0.15) is 46.7 Å². The lowest BCUT2D eigenvalue weighted by atomic mass is 10.0. The van der Waals surface area contributed by atoms with E-state index in [9.17, 15) is 40.8 Å². The lowest BCUT2D eigenvalue weighted by Gasteiger charge is -2.12. The molecule has 41 heavy (non-hydrogen) atoms. The van der Waals surface area contributed by atoms with Crippen LogP contribution in [0, 0.1) is 33.4 Å². The van der Waals surface area contributed by atoms with Crippen LogP contribution in [0.4, 0.5) is 36.4 Å². The molecule has 0 bridgehead atoms. The van der Waals surface area contributed by atoms with Gasteiger partial charge in [0.05, 0.1) is 22.7 Å². The maximum atomic E-state index is 14.5. The Labute approximate surface area is 226 Å². The van der Waals surface area contributed by atoms with Gasteiger partial charge in [0.25, 0.3) is 5.69 Å². The average Bonchev–Trinajstić information content (AvgIpc) is 3.27. The van der Waals surface area contributed by atoms with Crippen LogP contribution in [0.1, 0.15) is 16.7 Å². The third-order valence-electron chi connectivity index (χ3n) is 6.27. The van der Waals surface area contributed by atoms with Crippen molar-refractivity contribution in [3.8, 4) is 17.0 Å². The molecule has 0 amide bonds. The molecule has 0 aliphatic carbocycles. The fourth-order valence-electron chi connectivity index (χ4n) is 4.42. The van der Waals surface area contributed by atoms with E-state index in [1.165, 1.54) is 36.4 Å². The van der Waals surface area contributed by atoms with Crippen molar-refractivity contribution in [1.82, 2.24) is 9.78 Å². The summed E-state index contributed by atoms with van der Waals surface area (Å²) in [6.07, 6.45) is -4.80. The quantitative estimate of drug-likeness (QED) is 0.113. The van der Waals surface area contributed by atoms with Gasteiger partial charge in [0.2, 0.25) is 0 Å². The topological polar surface area (TPSA) is 70.2 Å². The molecular formula is C28H16F7N3O3. The Morgan fingerprint density at radius 1 is 0.854 bits per heavy atom. The monoisotopic (exact) mass is 575 g/mol. The van der Waals surface area contributed by atoms with E-state index >= 15 is 0 Å². The molecule has 0 radical (unpaired) electrons. The van der Waals surface area contributed by atoms with E-state index in [4.69, 9.17) is 4.74 Å². The van der Waals surface area contributed by atoms with Crippen LogP contribution >= 0.6 is 0 Å². The molecule has 0 aliphatic heterocycles. The number of fused-ring (bicyclic) bond motifs is 1. The molecule has 13 heteroatoms. The van der Waals surface area contributed by atoms with Gasteiger partial charge in [-0.1, -0.05) is 30.3 Å². The third kappa shape index (κ3) is 5.42. The van der Waals surface area contributed by atoms with E-state index in [-0.39, 0.29) is 28.0 Å². The van der Waals surface area contributed by atoms with Gasteiger partial charge in [-0.2, -0.15) is 18.3 Å². The van der Waals surface area contributed by atoms with E-state index in [2.05, 4.69) is 5.10 Å². The van der Waals surface area contributed by atoms with Gasteiger partial charge in [-0.15, -0.1) is 0 Å². The number of ether oxygens (including phenoxy) is 1. The van der Waals surface area contributed by atoms with E-state index in [0.717, 1.165) is 28.9 Å². The predicted octanol–water partition coefficient (Wildman–Crippen LogP) is 7.81. The standard InChI is InChI=1S/C28H16F7N3O3/c29-16-11-23(31)19(24(32)12-16)13-37-27(18-6-2-7-21(26(18)36-37)28(33,34)35)15-4-1-5-17(10-15)41-14-20-22(30)8-3-9-25(20)38(39)40/h1-12H,13-14H2. The number of nitro benzene ring substituents is 1. The van der Waals surface area contributed by atoms with Gasteiger partial charge in [-0.05, 0) is 24.3 Å². The number of aromatic nitrogens is 2. The Kier molecular flexibility index (Phi) is 7.11. The Morgan fingerprint density at radius 2 is 1.54 bits per heavy atom. The Hall–Kier alpha value is -4.94. The summed E-state index contributed by atoms with van der Waals surface area (Å²) < 4.78 is 105. The van der Waals surface area contributed by atoms with E-state index in [0.29, 0.717) is 12.1 Å². The van der Waals surface area contributed by atoms with E-state index in [1.807, 2.05) is 0 Å². The van der Waals surface area contributed by atoms with Gasteiger partial charge in [-0.3, -0.25) is 14.8 Å². The Morgan fingerprint density at radius 3 is 2.22 bits per heavy atom. The fraction of sp³-hybridized carbons (Fsp3) is 0.107. The number of rotatable bonds is 7. The third-order valence-corrected chi connectivity index (χ3v) is 6.27. The molecule has 5 rings (SSSR count). The zero-order chi connectivity index (χ0) is 29.5. The largest absolute Gasteiger partial charge is 0.489 e. The van der Waals surface area contributed by atoms with Gasteiger partial charge in [0.15, 0.2) is 0 Å². The van der Waals surface area contributed by atoms with Gasteiger partial charge in [-0.25, -0.2) is 17.6 Å². The van der Waals surface area contributed by atoms with Crippen LogP contribution in [0.2, 0.25) is 0 Å². The zero-order valence-corrected chi connectivity index (χ0v) is 20.6. The van der Waals surface area contributed by atoms with Crippen molar-refractivity contribution in [3.05, 3.63) is 123 Å². The maximum Gasteiger partial charge on any atom is 0.418 e. The highest BCUT2D eigenvalue weighted by Gasteiger charge is 2.35. The molecule has 0 N–H and O–H groups in total. The molecule has 0 fully saturated rings. The smallest absolute Gasteiger partial charge is 0.418 e.